The number of amides is 1. The molecule has 11 nitrogen and oxygen atoms in total. The van der Waals surface area contributed by atoms with Gasteiger partial charge in [-0.2, -0.15) is 0 Å². The van der Waals surface area contributed by atoms with E-state index in [2.05, 4.69) is 0 Å². The standard InChI is InChI=1S/C20H22N4O7S/c1-13(14-5-3-6-16(11-14)32(21,29)30)22(2)19(25)7-4-10-23-17-9-8-15(24(27)28)12-18(17)31-20(23)26/h3,5-6,8-9,11-13H,4,7,10H2,1-2H3,(H2,21,29,30). The average Bonchev–Trinajstić information content (AvgIpc) is 3.06. The number of primary sulfonamides is 1. The smallest absolute Gasteiger partial charge is 0.407 e. The van der Waals surface area contributed by atoms with Crippen LogP contribution in [0.3, 0.4) is 0 Å². The number of oxazole rings is 1. The summed E-state index contributed by atoms with van der Waals surface area (Å²) in [6.07, 6.45) is 0.459. The zero-order chi connectivity index (χ0) is 23.6. The van der Waals surface area contributed by atoms with Gasteiger partial charge in [0.15, 0.2) is 5.58 Å². The molecule has 3 aromatic rings. The first-order valence-corrected chi connectivity index (χ1v) is 11.2. The Balaban J connectivity index is 1.67. The van der Waals surface area contributed by atoms with Crippen molar-refractivity contribution in [3.05, 3.63) is 68.7 Å². The van der Waals surface area contributed by atoms with Gasteiger partial charge in [-0.05, 0) is 37.1 Å². The number of fused-ring (bicyclic) bond motifs is 1. The lowest BCUT2D eigenvalue weighted by molar-refractivity contribution is -0.384. The molecule has 0 bridgehead atoms. The molecule has 0 spiro atoms. The summed E-state index contributed by atoms with van der Waals surface area (Å²) < 4.78 is 29.5. The van der Waals surface area contributed by atoms with E-state index in [1.165, 1.54) is 39.8 Å². The maximum atomic E-state index is 12.6. The van der Waals surface area contributed by atoms with Gasteiger partial charge in [0.2, 0.25) is 15.9 Å². The number of benzene rings is 2. The molecule has 1 amide bonds. The minimum Gasteiger partial charge on any atom is -0.407 e. The normalized spacial score (nSPS) is 12.6. The van der Waals surface area contributed by atoms with Gasteiger partial charge in [0, 0.05) is 26.1 Å². The van der Waals surface area contributed by atoms with E-state index in [0.29, 0.717) is 17.5 Å². The van der Waals surface area contributed by atoms with E-state index in [0.717, 1.165) is 0 Å². The van der Waals surface area contributed by atoms with E-state index >= 15 is 0 Å². The summed E-state index contributed by atoms with van der Waals surface area (Å²) in [5, 5.41) is 16.0. The Morgan fingerprint density at radius 2 is 2.00 bits per heavy atom. The number of nitro benzene ring substituents is 1. The maximum Gasteiger partial charge on any atom is 0.419 e. The van der Waals surface area contributed by atoms with Gasteiger partial charge in [-0.15, -0.1) is 0 Å². The lowest BCUT2D eigenvalue weighted by atomic mass is 10.1. The summed E-state index contributed by atoms with van der Waals surface area (Å²) in [6, 6.07) is 9.59. The van der Waals surface area contributed by atoms with Crippen LogP contribution in [-0.4, -0.2) is 35.8 Å². The third-order valence-electron chi connectivity index (χ3n) is 5.28. The minimum absolute atomic E-state index is 0.0332. The molecule has 2 N–H and O–H groups in total. The van der Waals surface area contributed by atoms with Crippen LogP contribution in [0.2, 0.25) is 0 Å². The van der Waals surface area contributed by atoms with Gasteiger partial charge in [0.25, 0.3) is 5.69 Å². The van der Waals surface area contributed by atoms with Crippen molar-refractivity contribution in [2.45, 2.75) is 37.2 Å². The van der Waals surface area contributed by atoms with Crippen LogP contribution < -0.4 is 10.9 Å². The predicted molar refractivity (Wildman–Crippen MR) is 115 cm³/mol. The Hall–Kier alpha value is -3.51. The number of nitrogens with two attached hydrogens (primary N) is 1. The molecule has 2 aromatic carbocycles. The number of sulfonamides is 1. The average molecular weight is 462 g/mol. The number of nitro groups is 1. The molecule has 0 aliphatic heterocycles. The molecule has 32 heavy (non-hydrogen) atoms. The fraction of sp³-hybridized carbons (Fsp3) is 0.300. The number of nitrogens with zero attached hydrogens (tertiary/aromatic N) is 3. The number of rotatable bonds is 8. The molecular weight excluding hydrogens is 440 g/mol. The van der Waals surface area contributed by atoms with Crippen LogP contribution in [0.15, 0.2) is 56.6 Å². The summed E-state index contributed by atoms with van der Waals surface area (Å²) in [7, 11) is -2.25. The second kappa shape index (κ2) is 8.93. The molecule has 0 saturated carbocycles. The molecule has 3 rings (SSSR count). The quantitative estimate of drug-likeness (QED) is 0.396. The Morgan fingerprint density at radius 3 is 2.66 bits per heavy atom. The summed E-state index contributed by atoms with van der Waals surface area (Å²) in [4.78, 5) is 36.5. The number of carbonyl (C=O) groups excluding carboxylic acids is 1. The van der Waals surface area contributed by atoms with Crippen molar-refractivity contribution in [1.29, 1.82) is 0 Å². The van der Waals surface area contributed by atoms with Crippen LogP contribution in [0.1, 0.15) is 31.4 Å². The van der Waals surface area contributed by atoms with E-state index in [1.807, 2.05) is 0 Å². The van der Waals surface area contributed by atoms with Crippen molar-refractivity contribution >= 4 is 32.7 Å². The predicted octanol–water partition coefficient (Wildman–Crippen LogP) is 2.15. The minimum atomic E-state index is -3.86. The molecule has 0 fully saturated rings. The van der Waals surface area contributed by atoms with Crippen molar-refractivity contribution in [3.8, 4) is 0 Å². The van der Waals surface area contributed by atoms with Gasteiger partial charge in [-0.3, -0.25) is 19.5 Å². The maximum absolute atomic E-state index is 12.6. The number of carbonyl (C=O) groups is 1. The monoisotopic (exact) mass is 462 g/mol. The van der Waals surface area contributed by atoms with Gasteiger partial charge < -0.3 is 9.32 Å². The lowest BCUT2D eigenvalue weighted by Gasteiger charge is -2.25. The summed E-state index contributed by atoms with van der Waals surface area (Å²) in [5.41, 5.74) is 0.951. The highest BCUT2D eigenvalue weighted by Gasteiger charge is 2.20. The van der Waals surface area contributed by atoms with E-state index < -0.39 is 26.7 Å². The molecule has 0 aliphatic rings. The molecule has 12 heteroatoms. The van der Waals surface area contributed by atoms with E-state index in [-0.39, 0.29) is 35.0 Å². The topological polar surface area (TPSA) is 159 Å². The number of hydrogen-bond donors (Lipinski definition) is 1. The first kappa shape index (κ1) is 23.2. The molecule has 170 valence electrons. The first-order chi connectivity index (χ1) is 15.0. The molecule has 1 atom stereocenters. The summed E-state index contributed by atoms with van der Waals surface area (Å²) in [5.74, 6) is -0.857. The Kier molecular flexibility index (Phi) is 6.46. The van der Waals surface area contributed by atoms with Gasteiger partial charge >= 0.3 is 5.76 Å². The number of aromatic nitrogens is 1. The van der Waals surface area contributed by atoms with E-state index in [1.54, 1.807) is 26.1 Å². The van der Waals surface area contributed by atoms with Crippen LogP contribution in [0.4, 0.5) is 5.69 Å². The lowest BCUT2D eigenvalue weighted by Crippen LogP contribution is -2.30. The highest BCUT2D eigenvalue weighted by molar-refractivity contribution is 7.89. The van der Waals surface area contributed by atoms with Crippen molar-refractivity contribution in [3.63, 3.8) is 0 Å². The first-order valence-electron chi connectivity index (χ1n) is 9.65. The molecule has 0 radical (unpaired) electrons. The van der Waals surface area contributed by atoms with Crippen molar-refractivity contribution < 1.29 is 22.6 Å². The SMILES string of the molecule is CC(c1cccc(S(N)(=O)=O)c1)N(C)C(=O)CCCn1c(=O)oc2cc([N+](=O)[O-])ccc21. The molecule has 0 aliphatic carbocycles. The third kappa shape index (κ3) is 4.86. The van der Waals surface area contributed by atoms with E-state index in [4.69, 9.17) is 9.56 Å². The van der Waals surface area contributed by atoms with Crippen molar-refractivity contribution in [1.82, 2.24) is 9.47 Å². The van der Waals surface area contributed by atoms with Gasteiger partial charge in [0.05, 0.1) is 27.4 Å². The molecule has 1 heterocycles. The largest absolute Gasteiger partial charge is 0.419 e. The van der Waals surface area contributed by atoms with Crippen LogP contribution in [0.25, 0.3) is 11.1 Å². The van der Waals surface area contributed by atoms with Crippen LogP contribution in [-0.2, 0) is 21.4 Å². The van der Waals surface area contributed by atoms with E-state index in [9.17, 15) is 28.1 Å². The van der Waals surface area contributed by atoms with Gasteiger partial charge in [0.1, 0.15) is 0 Å². The van der Waals surface area contributed by atoms with Gasteiger partial charge in [-0.25, -0.2) is 18.4 Å². The molecule has 1 unspecified atom stereocenters. The van der Waals surface area contributed by atoms with Crippen LogP contribution >= 0.6 is 0 Å². The van der Waals surface area contributed by atoms with Gasteiger partial charge in [-0.1, -0.05) is 12.1 Å². The van der Waals surface area contributed by atoms with Crippen molar-refractivity contribution in [2.24, 2.45) is 5.14 Å². The van der Waals surface area contributed by atoms with Crippen LogP contribution in [0.5, 0.6) is 0 Å². The second-order valence-electron chi connectivity index (χ2n) is 7.33. The molecular formula is C20H22N4O7S. The molecule has 0 saturated heterocycles. The number of non-ortho nitro benzene ring substituents is 1. The second-order valence-corrected chi connectivity index (χ2v) is 8.89. The highest BCUT2D eigenvalue weighted by atomic mass is 32.2. The Bertz CT molecular complexity index is 1340. The zero-order valence-corrected chi connectivity index (χ0v) is 18.2. The van der Waals surface area contributed by atoms with Crippen molar-refractivity contribution in [2.75, 3.05) is 7.05 Å². The number of hydrogen-bond acceptors (Lipinski definition) is 7. The summed E-state index contributed by atoms with van der Waals surface area (Å²) >= 11 is 0. The molecule has 1 aromatic heterocycles. The summed E-state index contributed by atoms with van der Waals surface area (Å²) in [6.45, 7) is 1.96. The number of aryl methyl sites for hydroxylation is 1. The Morgan fingerprint density at radius 1 is 1.28 bits per heavy atom. The third-order valence-corrected chi connectivity index (χ3v) is 6.19. The Labute approximate surface area is 183 Å². The fourth-order valence-electron chi connectivity index (χ4n) is 3.34. The fourth-order valence-corrected chi connectivity index (χ4v) is 3.90. The zero-order valence-electron chi connectivity index (χ0n) is 17.4. The highest BCUT2D eigenvalue weighted by Crippen LogP contribution is 2.23. The van der Waals surface area contributed by atoms with Crippen LogP contribution in [0, 0.1) is 10.1 Å².